The molecular formula is C24H26N4O5. The number of likely N-dealkylation sites (tertiary alicyclic amines) is 1. The van der Waals surface area contributed by atoms with Crippen molar-refractivity contribution in [3.63, 3.8) is 0 Å². The lowest BCUT2D eigenvalue weighted by Crippen LogP contribution is -2.39. The van der Waals surface area contributed by atoms with Crippen molar-refractivity contribution in [2.45, 2.75) is 25.7 Å². The van der Waals surface area contributed by atoms with E-state index in [0.717, 1.165) is 18.4 Å². The molecule has 2 aromatic carbocycles. The molecule has 0 spiro atoms. The van der Waals surface area contributed by atoms with E-state index in [1.54, 1.807) is 44.6 Å². The lowest BCUT2D eigenvalue weighted by Gasteiger charge is -2.31. The maximum absolute atomic E-state index is 13.1. The number of carbonyl (C=O) groups is 2. The molecule has 0 radical (unpaired) electrons. The Morgan fingerprint density at radius 3 is 2.55 bits per heavy atom. The lowest BCUT2D eigenvalue weighted by molar-refractivity contribution is -0.114. The topological polar surface area (TPSA) is 107 Å². The van der Waals surface area contributed by atoms with Crippen molar-refractivity contribution in [3.05, 3.63) is 53.9 Å². The molecule has 2 heterocycles. The van der Waals surface area contributed by atoms with Gasteiger partial charge >= 0.3 is 0 Å². The van der Waals surface area contributed by atoms with E-state index < -0.39 is 0 Å². The number of nitrogens with zero attached hydrogens (tertiary/aromatic N) is 3. The van der Waals surface area contributed by atoms with Crippen molar-refractivity contribution < 1.29 is 23.6 Å². The van der Waals surface area contributed by atoms with Gasteiger partial charge in [-0.3, -0.25) is 9.59 Å². The summed E-state index contributed by atoms with van der Waals surface area (Å²) in [6, 6.07) is 12.4. The van der Waals surface area contributed by atoms with Crippen molar-refractivity contribution in [1.29, 1.82) is 0 Å². The minimum atomic E-state index is -0.130. The Labute approximate surface area is 191 Å². The van der Waals surface area contributed by atoms with Gasteiger partial charge < -0.3 is 24.2 Å². The van der Waals surface area contributed by atoms with E-state index in [2.05, 4.69) is 15.5 Å². The first-order chi connectivity index (χ1) is 16.0. The Kier molecular flexibility index (Phi) is 6.58. The molecule has 0 bridgehead atoms. The molecule has 9 heteroatoms. The van der Waals surface area contributed by atoms with Gasteiger partial charge in [0.05, 0.1) is 20.1 Å². The fourth-order valence-electron chi connectivity index (χ4n) is 3.94. The van der Waals surface area contributed by atoms with Crippen molar-refractivity contribution in [1.82, 2.24) is 15.0 Å². The smallest absolute Gasteiger partial charge is 0.254 e. The highest BCUT2D eigenvalue weighted by atomic mass is 16.5. The SMILES string of the molecule is COc1ccc(C(=O)N2CCCC(c3nc(-c4ccc(NC(C)=O)cc4)no3)C2)cc1OC. The van der Waals surface area contributed by atoms with Crippen LogP contribution in [0, 0.1) is 0 Å². The van der Waals surface area contributed by atoms with Gasteiger partial charge in [-0.05, 0) is 55.3 Å². The molecule has 172 valence electrons. The third kappa shape index (κ3) is 4.97. The molecule has 1 N–H and O–H groups in total. The van der Waals surface area contributed by atoms with Crippen LogP contribution >= 0.6 is 0 Å². The minimum Gasteiger partial charge on any atom is -0.493 e. The Bertz CT molecular complexity index is 1140. The number of rotatable bonds is 6. The van der Waals surface area contributed by atoms with E-state index in [1.165, 1.54) is 6.92 Å². The van der Waals surface area contributed by atoms with E-state index in [9.17, 15) is 9.59 Å². The fraction of sp³-hybridized carbons (Fsp3) is 0.333. The summed E-state index contributed by atoms with van der Waals surface area (Å²) >= 11 is 0. The van der Waals surface area contributed by atoms with Crippen LogP contribution in [0.3, 0.4) is 0 Å². The van der Waals surface area contributed by atoms with Crippen LogP contribution in [-0.4, -0.2) is 54.2 Å². The second-order valence-electron chi connectivity index (χ2n) is 7.87. The van der Waals surface area contributed by atoms with Gasteiger partial charge in [-0.25, -0.2) is 0 Å². The van der Waals surface area contributed by atoms with E-state index in [0.29, 0.717) is 47.6 Å². The standard InChI is InChI=1S/C24H26N4O5/c1-15(29)25-19-9-6-16(7-10-19)22-26-23(33-27-22)18-5-4-12-28(14-18)24(30)17-8-11-20(31-2)21(13-17)32-3/h6-11,13,18H,4-5,12,14H2,1-3H3,(H,25,29). The summed E-state index contributed by atoms with van der Waals surface area (Å²) in [6.07, 6.45) is 1.70. The average molecular weight is 450 g/mol. The predicted octanol–water partition coefficient (Wildman–Crippen LogP) is 3.73. The number of piperidine rings is 1. The molecule has 1 fully saturated rings. The minimum absolute atomic E-state index is 0.0391. The number of methoxy groups -OCH3 is 2. The second kappa shape index (κ2) is 9.72. The number of aromatic nitrogens is 2. The van der Waals surface area contributed by atoms with E-state index in [4.69, 9.17) is 14.0 Å². The summed E-state index contributed by atoms with van der Waals surface area (Å²) in [5.41, 5.74) is 2.03. The van der Waals surface area contributed by atoms with Gasteiger partial charge in [0.15, 0.2) is 11.5 Å². The van der Waals surface area contributed by atoms with Crippen LogP contribution in [0.1, 0.15) is 41.9 Å². The first-order valence-corrected chi connectivity index (χ1v) is 10.7. The molecule has 33 heavy (non-hydrogen) atoms. The average Bonchev–Trinajstić information content (AvgIpc) is 3.34. The molecule has 4 rings (SSSR count). The second-order valence-corrected chi connectivity index (χ2v) is 7.87. The van der Waals surface area contributed by atoms with Gasteiger partial charge in [0.1, 0.15) is 0 Å². The molecule has 0 saturated carbocycles. The summed E-state index contributed by atoms with van der Waals surface area (Å²) in [5, 5.41) is 6.84. The third-order valence-electron chi connectivity index (χ3n) is 5.59. The number of nitrogens with one attached hydrogen (secondary N) is 1. The van der Waals surface area contributed by atoms with Crippen LogP contribution in [0.5, 0.6) is 11.5 Å². The largest absolute Gasteiger partial charge is 0.493 e. The summed E-state index contributed by atoms with van der Waals surface area (Å²) in [4.78, 5) is 30.7. The zero-order chi connectivity index (χ0) is 23.4. The van der Waals surface area contributed by atoms with Gasteiger partial charge in [-0.2, -0.15) is 4.98 Å². The quantitative estimate of drug-likeness (QED) is 0.610. The zero-order valence-electron chi connectivity index (χ0n) is 18.8. The molecule has 9 nitrogen and oxygen atoms in total. The monoisotopic (exact) mass is 450 g/mol. The van der Waals surface area contributed by atoms with E-state index in [-0.39, 0.29) is 17.7 Å². The molecule has 1 unspecified atom stereocenters. The highest BCUT2D eigenvalue weighted by Gasteiger charge is 2.29. The lowest BCUT2D eigenvalue weighted by atomic mass is 9.97. The Balaban J connectivity index is 1.46. The molecule has 1 aliphatic rings. The van der Waals surface area contributed by atoms with Gasteiger partial charge in [0, 0.05) is 36.8 Å². The summed E-state index contributed by atoms with van der Waals surface area (Å²) in [7, 11) is 3.11. The normalized spacial score (nSPS) is 15.7. The Morgan fingerprint density at radius 2 is 1.85 bits per heavy atom. The highest BCUT2D eigenvalue weighted by Crippen LogP contribution is 2.31. The maximum atomic E-state index is 13.1. The van der Waals surface area contributed by atoms with Crippen molar-refractivity contribution in [3.8, 4) is 22.9 Å². The van der Waals surface area contributed by atoms with Crippen molar-refractivity contribution in [2.24, 2.45) is 0 Å². The predicted molar refractivity (Wildman–Crippen MR) is 121 cm³/mol. The van der Waals surface area contributed by atoms with Gasteiger partial charge in [0.25, 0.3) is 5.91 Å². The van der Waals surface area contributed by atoms with Crippen LogP contribution in [-0.2, 0) is 4.79 Å². The van der Waals surface area contributed by atoms with Gasteiger partial charge in [-0.1, -0.05) is 5.16 Å². The molecule has 3 aromatic rings. The van der Waals surface area contributed by atoms with Crippen molar-refractivity contribution in [2.75, 3.05) is 32.6 Å². The number of amides is 2. The molecule has 1 atom stereocenters. The molecule has 2 amide bonds. The number of ether oxygens (including phenoxy) is 2. The number of hydrogen-bond donors (Lipinski definition) is 1. The summed E-state index contributed by atoms with van der Waals surface area (Å²) in [5.74, 6) is 1.84. The molecule has 1 aromatic heterocycles. The van der Waals surface area contributed by atoms with Crippen LogP contribution in [0.4, 0.5) is 5.69 Å². The van der Waals surface area contributed by atoms with E-state index in [1.807, 2.05) is 17.0 Å². The number of benzene rings is 2. The van der Waals surface area contributed by atoms with Crippen LogP contribution in [0.15, 0.2) is 47.0 Å². The van der Waals surface area contributed by atoms with Gasteiger partial charge in [0.2, 0.25) is 17.6 Å². The maximum Gasteiger partial charge on any atom is 0.254 e. The third-order valence-corrected chi connectivity index (χ3v) is 5.59. The zero-order valence-corrected chi connectivity index (χ0v) is 18.8. The molecule has 1 saturated heterocycles. The molecular weight excluding hydrogens is 424 g/mol. The van der Waals surface area contributed by atoms with Crippen LogP contribution < -0.4 is 14.8 Å². The summed E-state index contributed by atoms with van der Waals surface area (Å²) < 4.78 is 16.1. The molecule has 0 aliphatic carbocycles. The number of anilines is 1. The first-order valence-electron chi connectivity index (χ1n) is 10.7. The van der Waals surface area contributed by atoms with E-state index >= 15 is 0 Å². The Hall–Kier alpha value is -3.88. The fourth-order valence-corrected chi connectivity index (χ4v) is 3.94. The van der Waals surface area contributed by atoms with Crippen molar-refractivity contribution >= 4 is 17.5 Å². The summed E-state index contributed by atoms with van der Waals surface area (Å²) in [6.45, 7) is 2.62. The number of carbonyl (C=O) groups excluding carboxylic acids is 2. The highest BCUT2D eigenvalue weighted by molar-refractivity contribution is 5.95. The van der Waals surface area contributed by atoms with Crippen LogP contribution in [0.2, 0.25) is 0 Å². The Morgan fingerprint density at radius 1 is 1.09 bits per heavy atom. The number of hydrogen-bond acceptors (Lipinski definition) is 7. The van der Waals surface area contributed by atoms with Gasteiger partial charge in [-0.15, -0.1) is 0 Å². The first kappa shape index (κ1) is 22.3. The molecule has 1 aliphatic heterocycles. The van der Waals surface area contributed by atoms with Crippen LogP contribution in [0.25, 0.3) is 11.4 Å².